The van der Waals surface area contributed by atoms with Crippen LogP contribution in [0.2, 0.25) is 0 Å². The summed E-state index contributed by atoms with van der Waals surface area (Å²) in [7, 11) is 0. The van der Waals surface area contributed by atoms with E-state index in [0.717, 1.165) is 32.5 Å². The van der Waals surface area contributed by atoms with Crippen molar-refractivity contribution in [3.63, 3.8) is 0 Å². The molecular weight excluding hydrogens is 333 g/mol. The van der Waals surface area contributed by atoms with Crippen molar-refractivity contribution in [1.82, 2.24) is 10.2 Å². The second-order valence-electron chi connectivity index (χ2n) is 6.64. The molecule has 1 aromatic carbocycles. The Balaban J connectivity index is 0.00000242. The Hall–Kier alpha value is -0.810. The maximum atomic E-state index is 12.4. The molecule has 1 saturated heterocycles. The monoisotopic (exact) mass is 361 g/mol. The number of likely N-dealkylation sites (tertiary alicyclic amines) is 1. The van der Waals surface area contributed by atoms with Gasteiger partial charge in [0.15, 0.2) is 0 Å². The molecule has 1 unspecified atom stereocenters. The van der Waals surface area contributed by atoms with E-state index in [1.165, 1.54) is 5.56 Å². The lowest BCUT2D eigenvalue weighted by Crippen LogP contribution is -2.53. The molecule has 1 aliphatic heterocycles. The van der Waals surface area contributed by atoms with E-state index in [4.69, 9.17) is 5.73 Å². The Morgan fingerprint density at radius 1 is 1.30 bits per heavy atom. The van der Waals surface area contributed by atoms with Gasteiger partial charge < -0.3 is 11.1 Å². The molecule has 0 spiro atoms. The van der Waals surface area contributed by atoms with Crippen LogP contribution in [0.3, 0.4) is 0 Å². The van der Waals surface area contributed by atoms with Crippen LogP contribution >= 0.6 is 24.8 Å². The average molecular weight is 362 g/mol. The molecule has 4 nitrogen and oxygen atoms in total. The van der Waals surface area contributed by atoms with Crippen LogP contribution in [0.4, 0.5) is 0 Å². The maximum Gasteiger partial charge on any atom is 0.224 e. The quantitative estimate of drug-likeness (QED) is 0.847. The summed E-state index contributed by atoms with van der Waals surface area (Å²) in [6, 6.07) is 10.4. The number of nitrogens with zero attached hydrogens (tertiary/aromatic N) is 1. The van der Waals surface area contributed by atoms with Gasteiger partial charge in [-0.25, -0.2) is 0 Å². The van der Waals surface area contributed by atoms with Crippen LogP contribution in [0.5, 0.6) is 0 Å². The minimum atomic E-state index is -0.321. The lowest BCUT2D eigenvalue weighted by atomic mass is 9.95. The van der Waals surface area contributed by atoms with E-state index < -0.39 is 0 Å². The van der Waals surface area contributed by atoms with Crippen LogP contribution in [0, 0.1) is 5.92 Å². The Morgan fingerprint density at radius 3 is 2.57 bits per heavy atom. The molecule has 0 bridgehead atoms. The molecule has 6 heteroatoms. The second kappa shape index (κ2) is 10.1. The van der Waals surface area contributed by atoms with Crippen molar-refractivity contribution < 1.29 is 4.79 Å². The molecule has 2 rings (SSSR count). The van der Waals surface area contributed by atoms with Gasteiger partial charge in [0, 0.05) is 25.2 Å². The van der Waals surface area contributed by atoms with E-state index in [9.17, 15) is 4.79 Å². The number of carbonyl (C=O) groups is 1. The molecule has 0 aliphatic carbocycles. The number of nitrogens with one attached hydrogen (secondary N) is 1. The van der Waals surface area contributed by atoms with Crippen molar-refractivity contribution in [3.8, 4) is 0 Å². The third-order valence-electron chi connectivity index (χ3n) is 4.10. The summed E-state index contributed by atoms with van der Waals surface area (Å²) in [6.07, 6.45) is 2.05. The van der Waals surface area contributed by atoms with Gasteiger partial charge in [0.2, 0.25) is 5.91 Å². The Morgan fingerprint density at radius 2 is 1.96 bits per heavy atom. The van der Waals surface area contributed by atoms with Crippen LogP contribution in [0.15, 0.2) is 30.3 Å². The topological polar surface area (TPSA) is 58.4 Å². The molecule has 1 heterocycles. The Kier molecular flexibility index (Phi) is 9.78. The first-order valence-corrected chi connectivity index (χ1v) is 7.78. The molecule has 3 N–H and O–H groups in total. The summed E-state index contributed by atoms with van der Waals surface area (Å²) in [5, 5.41) is 3.07. The van der Waals surface area contributed by atoms with Crippen molar-refractivity contribution in [2.45, 2.75) is 38.8 Å². The molecule has 23 heavy (non-hydrogen) atoms. The first kappa shape index (κ1) is 22.2. The number of piperidine rings is 1. The lowest BCUT2D eigenvalue weighted by molar-refractivity contribution is -0.128. The van der Waals surface area contributed by atoms with E-state index >= 15 is 0 Å². The van der Waals surface area contributed by atoms with Gasteiger partial charge in [0.05, 0.1) is 5.92 Å². The van der Waals surface area contributed by atoms with Gasteiger partial charge in [-0.1, -0.05) is 30.3 Å². The number of carbonyl (C=O) groups excluding carboxylic acids is 1. The Labute approximate surface area is 152 Å². The molecule has 1 fully saturated rings. The third-order valence-corrected chi connectivity index (χ3v) is 4.10. The van der Waals surface area contributed by atoms with Crippen molar-refractivity contribution in [1.29, 1.82) is 0 Å². The van der Waals surface area contributed by atoms with Crippen molar-refractivity contribution in [2.75, 3.05) is 19.6 Å². The summed E-state index contributed by atoms with van der Waals surface area (Å²) in [5.41, 5.74) is 6.67. The van der Waals surface area contributed by atoms with E-state index in [1.807, 2.05) is 19.9 Å². The van der Waals surface area contributed by atoms with Crippen LogP contribution in [-0.4, -0.2) is 36.0 Å². The first-order chi connectivity index (χ1) is 10.00. The zero-order chi connectivity index (χ0) is 15.3. The van der Waals surface area contributed by atoms with Gasteiger partial charge in [0.25, 0.3) is 0 Å². The smallest absolute Gasteiger partial charge is 0.224 e. The van der Waals surface area contributed by atoms with E-state index in [2.05, 4.69) is 34.5 Å². The number of rotatable bonds is 5. The van der Waals surface area contributed by atoms with Crippen LogP contribution in [-0.2, 0) is 11.3 Å². The predicted octanol–water partition coefficient (Wildman–Crippen LogP) is 2.60. The average Bonchev–Trinajstić information content (AvgIpc) is 2.48. The molecule has 0 aromatic heterocycles. The second-order valence-corrected chi connectivity index (χ2v) is 6.64. The number of halogens is 2. The Bertz CT molecular complexity index is 468. The van der Waals surface area contributed by atoms with Gasteiger partial charge in [0.1, 0.15) is 0 Å². The summed E-state index contributed by atoms with van der Waals surface area (Å²) in [4.78, 5) is 14.8. The van der Waals surface area contributed by atoms with Crippen LogP contribution in [0.25, 0.3) is 0 Å². The van der Waals surface area contributed by atoms with Crippen molar-refractivity contribution in [2.24, 2.45) is 11.7 Å². The van der Waals surface area contributed by atoms with Gasteiger partial charge >= 0.3 is 0 Å². The predicted molar refractivity (Wildman–Crippen MR) is 100 cm³/mol. The molecular formula is C17H29Cl2N3O. The number of hydrogen-bond acceptors (Lipinski definition) is 3. The summed E-state index contributed by atoms with van der Waals surface area (Å²) in [5.74, 6) is 0.219. The molecule has 1 aromatic rings. The van der Waals surface area contributed by atoms with Gasteiger partial charge in [-0.05, 0) is 38.8 Å². The van der Waals surface area contributed by atoms with E-state index in [0.29, 0.717) is 6.54 Å². The van der Waals surface area contributed by atoms with Crippen LogP contribution in [0.1, 0.15) is 32.3 Å². The highest BCUT2D eigenvalue weighted by Gasteiger charge is 2.28. The SMILES string of the molecule is CC(C)(CN)NC(=O)C1CCCN(Cc2ccccc2)C1.Cl.Cl. The number of amides is 1. The normalized spacial score (nSPS) is 18.5. The highest BCUT2D eigenvalue weighted by atomic mass is 35.5. The van der Waals surface area contributed by atoms with E-state index in [1.54, 1.807) is 0 Å². The van der Waals surface area contributed by atoms with Gasteiger partial charge in [-0.3, -0.25) is 9.69 Å². The minimum absolute atomic E-state index is 0. The lowest BCUT2D eigenvalue weighted by Gasteiger charge is -2.34. The van der Waals surface area contributed by atoms with Crippen molar-refractivity contribution in [3.05, 3.63) is 35.9 Å². The highest BCUT2D eigenvalue weighted by molar-refractivity contribution is 5.85. The number of benzene rings is 1. The number of nitrogens with two attached hydrogens (primary N) is 1. The zero-order valence-corrected chi connectivity index (χ0v) is 15.6. The third kappa shape index (κ3) is 7.08. The molecule has 1 amide bonds. The number of hydrogen-bond donors (Lipinski definition) is 2. The fourth-order valence-electron chi connectivity index (χ4n) is 2.74. The van der Waals surface area contributed by atoms with Gasteiger partial charge in [-0.2, -0.15) is 0 Å². The van der Waals surface area contributed by atoms with Crippen LogP contribution < -0.4 is 11.1 Å². The highest BCUT2D eigenvalue weighted by Crippen LogP contribution is 2.19. The summed E-state index contributed by atoms with van der Waals surface area (Å²) in [6.45, 7) is 7.22. The minimum Gasteiger partial charge on any atom is -0.350 e. The molecule has 0 radical (unpaired) electrons. The summed E-state index contributed by atoms with van der Waals surface area (Å²) >= 11 is 0. The maximum absolute atomic E-state index is 12.4. The largest absolute Gasteiger partial charge is 0.350 e. The first-order valence-electron chi connectivity index (χ1n) is 7.78. The fourth-order valence-corrected chi connectivity index (χ4v) is 2.74. The van der Waals surface area contributed by atoms with Crippen molar-refractivity contribution >= 4 is 30.7 Å². The molecule has 132 valence electrons. The fraction of sp³-hybridized carbons (Fsp3) is 0.588. The van der Waals surface area contributed by atoms with Gasteiger partial charge in [-0.15, -0.1) is 24.8 Å². The van der Waals surface area contributed by atoms with E-state index in [-0.39, 0.29) is 42.2 Å². The summed E-state index contributed by atoms with van der Waals surface area (Å²) < 4.78 is 0. The standard InChI is InChI=1S/C17H27N3O.2ClH/c1-17(2,13-18)19-16(21)15-9-6-10-20(12-15)11-14-7-4-3-5-8-14;;/h3-5,7-8,15H,6,9-13,18H2,1-2H3,(H,19,21);2*1H. The molecule has 1 atom stereocenters. The zero-order valence-electron chi connectivity index (χ0n) is 14.0. The molecule has 1 aliphatic rings. The molecule has 0 saturated carbocycles.